The largest absolute Gasteiger partial charge is 0.461 e. The number of Topliss-reactive ketones (excluding diaryl/α,β-unsaturated/α-hetero) is 3. The van der Waals surface area contributed by atoms with Crippen LogP contribution >= 0.6 is 12.4 Å². The Labute approximate surface area is 560 Å². The number of allylic oxidation sites excluding steroid dienone is 2. The zero-order valence-electron chi connectivity index (χ0n) is 57.1. The number of hydrogen-bond acceptors (Lipinski definition) is 13. The van der Waals surface area contributed by atoms with E-state index < -0.39 is 0 Å². The molecular weight excluding hydrogens is 1190 g/mol. The van der Waals surface area contributed by atoms with Crippen LogP contribution in [0.25, 0.3) is 5.57 Å². The Bertz CT molecular complexity index is 3470. The summed E-state index contributed by atoms with van der Waals surface area (Å²) in [6.45, 7) is 29.3. The number of rotatable bonds is 25. The van der Waals surface area contributed by atoms with Crippen molar-refractivity contribution in [3.63, 3.8) is 0 Å². The summed E-state index contributed by atoms with van der Waals surface area (Å²) in [6, 6.07) is 24.8. The van der Waals surface area contributed by atoms with Crippen molar-refractivity contribution in [3.8, 4) is 12.3 Å². The van der Waals surface area contributed by atoms with E-state index in [0.29, 0.717) is 48.4 Å². The Morgan fingerprint density at radius 3 is 1.98 bits per heavy atom. The van der Waals surface area contributed by atoms with E-state index in [9.17, 15) is 19.2 Å². The van der Waals surface area contributed by atoms with Gasteiger partial charge in [-0.2, -0.15) is 0 Å². The minimum atomic E-state index is -0.126. The Morgan fingerprint density at radius 2 is 1.39 bits per heavy atom. The van der Waals surface area contributed by atoms with Crippen LogP contribution in [0.3, 0.4) is 0 Å². The number of amides is 1. The highest BCUT2D eigenvalue weighted by Crippen LogP contribution is 2.40. The number of carbonyl (C=O) groups is 4. The van der Waals surface area contributed by atoms with Crippen molar-refractivity contribution >= 4 is 52.6 Å². The van der Waals surface area contributed by atoms with Crippen LogP contribution in [0.4, 0.5) is 11.4 Å². The number of piperidine rings is 2. The Hall–Kier alpha value is -7.06. The minimum Gasteiger partial charge on any atom is -0.461 e. The number of halogens is 1. The number of carbonyl (C=O) groups excluding carboxylic acids is 4. The molecule has 3 aromatic carbocycles. The van der Waals surface area contributed by atoms with Gasteiger partial charge in [-0.1, -0.05) is 96.0 Å². The van der Waals surface area contributed by atoms with E-state index in [0.717, 1.165) is 156 Å². The molecule has 10 rings (SSSR count). The SMILES string of the molecule is C#Cc1cnc(C(=O)Cc2ccc(CC(=O)NCCCO)cc2C2=CCC(C)(C)CC2)[nH]1.CCN(C)CCCc1ccc(CC(=O)c2ccc(C)o2)c(N2CCC(C)CC2)c1.Cc1coc(C(=O)Cc2ccc(CCN3CCOCC3)cc2N2CCC(C)(C)CC2)c1.Cl. The summed E-state index contributed by atoms with van der Waals surface area (Å²) >= 11 is 0. The molecule has 3 aliphatic heterocycles. The fourth-order valence-corrected chi connectivity index (χ4v) is 12.4. The van der Waals surface area contributed by atoms with Crippen LogP contribution in [0.1, 0.15) is 187 Å². The highest BCUT2D eigenvalue weighted by molar-refractivity contribution is 5.97. The number of terminal acetylenes is 1. The van der Waals surface area contributed by atoms with Gasteiger partial charge in [-0.25, -0.2) is 4.98 Å². The van der Waals surface area contributed by atoms with Crippen LogP contribution in [0.15, 0.2) is 100 Å². The molecule has 93 heavy (non-hydrogen) atoms. The molecule has 0 atom stereocenters. The van der Waals surface area contributed by atoms with Gasteiger partial charge in [0, 0.05) is 89.6 Å². The van der Waals surface area contributed by atoms with E-state index in [1.807, 2.05) is 44.2 Å². The number of aromatic nitrogens is 2. The van der Waals surface area contributed by atoms with Gasteiger partial charge >= 0.3 is 0 Å². The summed E-state index contributed by atoms with van der Waals surface area (Å²) in [5, 5.41) is 11.7. The number of morpholine rings is 1. The van der Waals surface area contributed by atoms with Crippen LogP contribution < -0.4 is 15.1 Å². The highest BCUT2D eigenvalue weighted by Gasteiger charge is 2.29. The van der Waals surface area contributed by atoms with E-state index in [1.165, 1.54) is 60.0 Å². The van der Waals surface area contributed by atoms with Crippen LogP contribution in [0.2, 0.25) is 0 Å². The van der Waals surface area contributed by atoms with E-state index in [-0.39, 0.29) is 66.4 Å². The second-order valence-electron chi connectivity index (χ2n) is 27.6. The third-order valence-electron chi connectivity index (χ3n) is 18.8. The number of anilines is 2. The minimum absolute atomic E-state index is 0. The molecule has 0 bridgehead atoms. The number of nitrogens with zero attached hydrogens (tertiary/aromatic N) is 5. The Balaban J connectivity index is 0.000000197. The van der Waals surface area contributed by atoms with Crippen molar-refractivity contribution in [1.29, 1.82) is 0 Å². The number of imidazole rings is 1. The lowest BCUT2D eigenvalue weighted by Crippen LogP contribution is -2.38. The molecule has 3 N–H and O–H groups in total. The summed E-state index contributed by atoms with van der Waals surface area (Å²) in [5.74, 6) is 5.10. The predicted molar refractivity (Wildman–Crippen MR) is 376 cm³/mol. The topological polar surface area (TPSA) is 178 Å². The Morgan fingerprint density at radius 1 is 0.753 bits per heavy atom. The first-order chi connectivity index (χ1) is 44.2. The molecule has 0 unspecified atom stereocenters. The van der Waals surface area contributed by atoms with Crippen molar-refractivity contribution in [2.75, 3.05) is 102 Å². The number of furan rings is 2. The van der Waals surface area contributed by atoms with Crippen LogP contribution in [-0.2, 0) is 48.1 Å². The molecule has 3 aromatic heterocycles. The molecule has 16 heteroatoms. The third kappa shape index (κ3) is 22.6. The number of aliphatic hydroxyl groups is 1. The van der Waals surface area contributed by atoms with Gasteiger partial charge in [0.15, 0.2) is 17.3 Å². The standard InChI is InChI=1S/C26H31N3O3.C26H36N2O3.C25H36N2O2.ClH/c1-4-21-17-28-25(29-21)23(31)16-20-7-6-18(15-24(32)27-12-5-13-30)14-22(20)19-8-10-26(2,3)11-9-19;1-20-16-25(31-19-20)24(29)18-22-5-4-21(6-9-27-12-14-30-15-13-27)17-23(22)28-10-7-26(2,3)8-11-28;1-5-26(4)14-6-7-21-9-10-22(18-24(28)25-11-8-20(3)29-25)23(17-21)27-15-12-19(2)13-16-27;/h1,6-8,14,17,30H,5,9-13,15-16H2,2-3H3,(H,27,32)(H,28,29);4-5,16-17,19H,6-15,18H2,1-3H3;8-11,17,19H,5-7,12-16,18H2,1-4H3;1H. The molecule has 3 fully saturated rings. The number of aromatic amines is 1. The molecule has 15 nitrogen and oxygen atoms in total. The second-order valence-corrected chi connectivity index (χ2v) is 27.6. The summed E-state index contributed by atoms with van der Waals surface area (Å²) in [4.78, 5) is 67.5. The lowest BCUT2D eigenvalue weighted by Gasteiger charge is -2.39. The summed E-state index contributed by atoms with van der Waals surface area (Å²) in [6.07, 6.45) is 23.6. The van der Waals surface area contributed by atoms with Gasteiger partial charge in [0.1, 0.15) is 11.5 Å². The maximum Gasteiger partial charge on any atom is 0.224 e. The fraction of sp³-hybridized carbons (Fsp3) is 0.519. The van der Waals surface area contributed by atoms with Crippen molar-refractivity contribution in [2.24, 2.45) is 16.7 Å². The maximum atomic E-state index is 12.9. The van der Waals surface area contributed by atoms with Gasteiger partial charge in [0.25, 0.3) is 0 Å². The summed E-state index contributed by atoms with van der Waals surface area (Å²) in [7, 11) is 2.17. The van der Waals surface area contributed by atoms with Gasteiger partial charge in [-0.3, -0.25) is 24.1 Å². The molecular formula is C77H104ClN7O8. The number of aliphatic hydroxyl groups excluding tert-OH is 1. The number of aryl methyl sites for hydroxylation is 3. The number of hydrogen-bond donors (Lipinski definition) is 3. The Kier molecular flexibility index (Phi) is 28.0. The molecule has 1 aliphatic carbocycles. The molecule has 0 radical (unpaired) electrons. The monoisotopic (exact) mass is 1290 g/mol. The van der Waals surface area contributed by atoms with Crippen molar-refractivity contribution < 1.29 is 37.9 Å². The first-order valence-electron chi connectivity index (χ1n) is 33.8. The molecule has 3 saturated heterocycles. The molecule has 6 aromatic rings. The second kappa shape index (κ2) is 35.4. The number of benzene rings is 3. The summed E-state index contributed by atoms with van der Waals surface area (Å²) in [5.41, 5.74) is 13.6. The van der Waals surface area contributed by atoms with Crippen molar-refractivity contribution in [2.45, 2.75) is 152 Å². The van der Waals surface area contributed by atoms with Gasteiger partial charge in [-0.15, -0.1) is 18.8 Å². The third-order valence-corrected chi connectivity index (χ3v) is 18.8. The quantitative estimate of drug-likeness (QED) is 0.0280. The number of H-pyrrole nitrogens is 1. The van der Waals surface area contributed by atoms with Crippen molar-refractivity contribution in [3.05, 3.63) is 165 Å². The number of ketones is 3. The zero-order valence-corrected chi connectivity index (χ0v) is 57.9. The smallest absolute Gasteiger partial charge is 0.224 e. The zero-order chi connectivity index (χ0) is 65.8. The fourth-order valence-electron chi connectivity index (χ4n) is 12.4. The van der Waals surface area contributed by atoms with Gasteiger partial charge in [-0.05, 0) is 202 Å². The van der Waals surface area contributed by atoms with Gasteiger partial charge in [0.05, 0.1) is 32.1 Å². The first-order valence-corrected chi connectivity index (χ1v) is 33.8. The van der Waals surface area contributed by atoms with E-state index in [1.54, 1.807) is 12.3 Å². The molecule has 0 spiro atoms. The van der Waals surface area contributed by atoms with E-state index >= 15 is 0 Å². The number of ether oxygens (including phenoxy) is 1. The predicted octanol–water partition coefficient (Wildman–Crippen LogP) is 13.5. The number of nitrogens with one attached hydrogen (secondary N) is 2. The van der Waals surface area contributed by atoms with Crippen LogP contribution in [0, 0.1) is 42.9 Å². The summed E-state index contributed by atoms with van der Waals surface area (Å²) < 4.78 is 16.5. The lowest BCUT2D eigenvalue weighted by atomic mass is 9.76. The lowest BCUT2D eigenvalue weighted by molar-refractivity contribution is -0.120. The van der Waals surface area contributed by atoms with Crippen LogP contribution in [-0.4, -0.2) is 140 Å². The molecule has 1 amide bonds. The van der Waals surface area contributed by atoms with Gasteiger partial charge in [0.2, 0.25) is 23.3 Å². The average molecular weight is 1290 g/mol. The first kappa shape index (κ1) is 73.4. The molecule has 0 saturated carbocycles. The normalized spacial score (nSPS) is 16.4. The van der Waals surface area contributed by atoms with E-state index in [4.69, 9.17) is 25.1 Å². The van der Waals surface area contributed by atoms with Crippen molar-refractivity contribution in [1.82, 2.24) is 25.1 Å². The maximum absolute atomic E-state index is 12.9. The molecule has 502 valence electrons. The molecule has 4 aliphatic rings. The average Bonchev–Trinajstić information content (AvgIpc) is 1.09. The molecule has 6 heterocycles. The van der Waals surface area contributed by atoms with Gasteiger partial charge < -0.3 is 43.7 Å². The van der Waals surface area contributed by atoms with Crippen LogP contribution in [0.5, 0.6) is 0 Å². The van der Waals surface area contributed by atoms with E-state index in [2.05, 4.69) is 132 Å². The highest BCUT2D eigenvalue weighted by atomic mass is 35.5.